The molecule has 12 heteroatoms. The number of nitrogens with one attached hydrogen (secondary N) is 1. The molecule has 1 aromatic heterocycles. The van der Waals surface area contributed by atoms with Gasteiger partial charge in [0.1, 0.15) is 10.0 Å². The summed E-state index contributed by atoms with van der Waals surface area (Å²) in [7, 11) is -2.94. The summed E-state index contributed by atoms with van der Waals surface area (Å²) in [4.78, 5) is 1.51. The fourth-order valence-corrected chi connectivity index (χ4v) is 3.20. The van der Waals surface area contributed by atoms with Gasteiger partial charge in [-0.25, -0.2) is 4.83 Å². The van der Waals surface area contributed by atoms with Gasteiger partial charge in [0.2, 0.25) is 0 Å². The van der Waals surface area contributed by atoms with Crippen molar-refractivity contribution >= 4 is 39.4 Å². The Morgan fingerprint density at radius 2 is 1.92 bits per heavy atom. The van der Waals surface area contributed by atoms with Crippen molar-refractivity contribution in [2.45, 2.75) is 11.1 Å². The van der Waals surface area contributed by atoms with Gasteiger partial charge in [0, 0.05) is 7.05 Å². The molecule has 130 valence electrons. The lowest BCUT2D eigenvalue weighted by atomic mass is 10.2. The van der Waals surface area contributed by atoms with E-state index in [1.807, 2.05) is 0 Å². The zero-order chi connectivity index (χ0) is 18.1. The molecule has 0 unspecified atom stereocenters. The van der Waals surface area contributed by atoms with Gasteiger partial charge >= 0.3 is 6.18 Å². The molecule has 0 spiro atoms. The molecule has 0 amide bonds. The van der Waals surface area contributed by atoms with Crippen molar-refractivity contribution in [2.75, 3.05) is 0 Å². The topological polar surface area (TPSA) is 76.3 Å². The maximum Gasteiger partial charge on any atom is 0.435 e. The minimum absolute atomic E-state index is 0.0596. The van der Waals surface area contributed by atoms with Gasteiger partial charge in [-0.15, -0.1) is 0 Å². The lowest BCUT2D eigenvalue weighted by Crippen LogP contribution is -2.19. The summed E-state index contributed by atoms with van der Waals surface area (Å²) < 4.78 is 63.5. The quantitative estimate of drug-likeness (QED) is 0.632. The number of nitrogens with zero attached hydrogens (tertiary/aromatic N) is 3. The van der Waals surface area contributed by atoms with Crippen molar-refractivity contribution in [3.8, 4) is 0 Å². The van der Waals surface area contributed by atoms with Gasteiger partial charge in [0.05, 0.1) is 16.8 Å². The summed E-state index contributed by atoms with van der Waals surface area (Å²) in [5, 5.41) is 6.15. The van der Waals surface area contributed by atoms with Gasteiger partial charge in [0.15, 0.2) is 5.69 Å². The van der Waals surface area contributed by atoms with Crippen LogP contribution in [0.4, 0.5) is 13.2 Å². The van der Waals surface area contributed by atoms with Crippen LogP contribution in [0.1, 0.15) is 11.3 Å². The first-order chi connectivity index (χ1) is 11.0. The highest BCUT2D eigenvalue weighted by molar-refractivity contribution is 7.89. The van der Waals surface area contributed by atoms with Gasteiger partial charge in [-0.2, -0.15) is 31.8 Å². The predicted molar refractivity (Wildman–Crippen MR) is 82.6 cm³/mol. The summed E-state index contributed by atoms with van der Waals surface area (Å²) in [6, 6.07) is 5.53. The maximum atomic E-state index is 12.9. The molecule has 0 fully saturated rings. The van der Waals surface area contributed by atoms with Crippen molar-refractivity contribution in [3.05, 3.63) is 45.7 Å². The van der Waals surface area contributed by atoms with Crippen LogP contribution in [0.15, 0.2) is 34.3 Å². The summed E-state index contributed by atoms with van der Waals surface area (Å²) in [5.74, 6) is 0. The monoisotopic (exact) mass is 400 g/mol. The predicted octanol–water partition coefficient (Wildman–Crippen LogP) is 3.06. The minimum Gasteiger partial charge on any atom is -0.256 e. The first-order valence-electron chi connectivity index (χ1n) is 6.13. The van der Waals surface area contributed by atoms with E-state index in [1.54, 1.807) is 4.83 Å². The van der Waals surface area contributed by atoms with E-state index in [0.717, 1.165) is 4.68 Å². The van der Waals surface area contributed by atoms with Crippen LogP contribution < -0.4 is 4.83 Å². The maximum absolute atomic E-state index is 12.9. The molecule has 0 aliphatic carbocycles. The Hall–Kier alpha value is -1.78. The molecule has 6 nitrogen and oxygen atoms in total. The normalized spacial score (nSPS) is 12.8. The largest absolute Gasteiger partial charge is 0.435 e. The first-order valence-corrected chi connectivity index (χ1v) is 8.37. The number of hydrazone groups is 1. The Bertz CT molecular complexity index is 894. The Kier molecular flexibility index (Phi) is 5.11. The number of hydrogen-bond acceptors (Lipinski definition) is 4. The van der Waals surface area contributed by atoms with E-state index in [4.69, 9.17) is 23.2 Å². The number of sulfonamides is 1. The van der Waals surface area contributed by atoms with Crippen LogP contribution in [-0.2, 0) is 23.2 Å². The molecule has 1 N–H and O–H groups in total. The fourth-order valence-electron chi connectivity index (χ4n) is 1.72. The number of benzene rings is 1. The van der Waals surface area contributed by atoms with Crippen LogP contribution in [0.3, 0.4) is 0 Å². The van der Waals surface area contributed by atoms with Crippen LogP contribution in [-0.4, -0.2) is 24.4 Å². The number of rotatable bonds is 4. The van der Waals surface area contributed by atoms with Gasteiger partial charge in [0.25, 0.3) is 10.0 Å². The first kappa shape index (κ1) is 18.6. The van der Waals surface area contributed by atoms with Crippen molar-refractivity contribution in [1.29, 1.82) is 0 Å². The Labute approximate surface area is 144 Å². The van der Waals surface area contributed by atoms with Gasteiger partial charge in [-0.3, -0.25) is 4.68 Å². The Balaban J connectivity index is 2.32. The number of hydrogen-bond donors (Lipinski definition) is 1. The van der Waals surface area contributed by atoms with Crippen LogP contribution >= 0.6 is 23.2 Å². The molecule has 0 aliphatic rings. The zero-order valence-electron chi connectivity index (χ0n) is 11.8. The number of halogens is 5. The number of aryl methyl sites for hydroxylation is 1. The van der Waals surface area contributed by atoms with Crippen LogP contribution in [0.2, 0.25) is 10.2 Å². The van der Waals surface area contributed by atoms with Crippen molar-refractivity contribution < 1.29 is 21.6 Å². The summed E-state index contributed by atoms with van der Waals surface area (Å²) in [6.07, 6.45) is -4.14. The summed E-state index contributed by atoms with van der Waals surface area (Å²) in [5.41, 5.74) is -1.84. The average Bonchev–Trinajstić information content (AvgIpc) is 2.75. The summed E-state index contributed by atoms with van der Waals surface area (Å²) in [6.45, 7) is 0. The third-order valence-corrected chi connectivity index (χ3v) is 4.94. The van der Waals surface area contributed by atoms with Crippen molar-refractivity contribution in [2.24, 2.45) is 12.1 Å². The highest BCUT2D eigenvalue weighted by atomic mass is 35.5. The van der Waals surface area contributed by atoms with Crippen LogP contribution in [0, 0.1) is 0 Å². The second-order valence-electron chi connectivity index (χ2n) is 4.46. The molecule has 0 saturated carbocycles. The molecular weight excluding hydrogens is 392 g/mol. The SMILES string of the molecule is Cn1nc(C(F)(F)F)c(/C=N\NS(=O)(=O)c2ccccc2Cl)c1Cl. The molecule has 1 aromatic carbocycles. The van der Waals surface area contributed by atoms with E-state index in [-0.39, 0.29) is 15.1 Å². The van der Waals surface area contributed by atoms with E-state index in [2.05, 4.69) is 10.2 Å². The van der Waals surface area contributed by atoms with E-state index >= 15 is 0 Å². The molecule has 0 bridgehead atoms. The number of alkyl halides is 3. The molecule has 0 radical (unpaired) electrons. The molecule has 2 rings (SSSR count). The van der Waals surface area contributed by atoms with Gasteiger partial charge in [-0.05, 0) is 12.1 Å². The lowest BCUT2D eigenvalue weighted by molar-refractivity contribution is -0.141. The van der Waals surface area contributed by atoms with Gasteiger partial charge in [-0.1, -0.05) is 35.3 Å². The third kappa shape index (κ3) is 3.82. The molecule has 0 saturated heterocycles. The molecule has 1 heterocycles. The zero-order valence-corrected chi connectivity index (χ0v) is 14.2. The van der Waals surface area contributed by atoms with Gasteiger partial charge < -0.3 is 0 Å². The Morgan fingerprint density at radius 1 is 1.29 bits per heavy atom. The number of aromatic nitrogens is 2. The molecule has 24 heavy (non-hydrogen) atoms. The van der Waals surface area contributed by atoms with Crippen molar-refractivity contribution in [1.82, 2.24) is 14.6 Å². The highest BCUT2D eigenvalue weighted by Gasteiger charge is 2.38. The second-order valence-corrected chi connectivity index (χ2v) is 6.85. The molecular formula is C12H9Cl2F3N4O2S. The second kappa shape index (κ2) is 6.61. The minimum atomic E-state index is -4.77. The molecule has 0 aliphatic heterocycles. The summed E-state index contributed by atoms with van der Waals surface area (Å²) >= 11 is 11.5. The smallest absolute Gasteiger partial charge is 0.256 e. The van der Waals surface area contributed by atoms with E-state index in [9.17, 15) is 21.6 Å². The lowest BCUT2D eigenvalue weighted by Gasteiger charge is -2.05. The van der Waals surface area contributed by atoms with E-state index < -0.39 is 27.5 Å². The standard InChI is InChI=1S/C12H9Cl2F3N4O2S/c1-21-11(14)7(10(19-21)12(15,16)17)6-18-20-24(22,23)9-5-3-2-4-8(9)13/h2-6,20H,1H3/b18-6-. The van der Waals surface area contributed by atoms with Crippen LogP contribution in [0.25, 0.3) is 0 Å². The third-order valence-electron chi connectivity index (χ3n) is 2.77. The highest BCUT2D eigenvalue weighted by Crippen LogP contribution is 2.33. The van der Waals surface area contributed by atoms with Crippen LogP contribution in [0.5, 0.6) is 0 Å². The van der Waals surface area contributed by atoms with E-state index in [1.165, 1.54) is 31.3 Å². The van der Waals surface area contributed by atoms with E-state index in [0.29, 0.717) is 6.21 Å². The molecule has 0 atom stereocenters. The molecule has 2 aromatic rings. The average molecular weight is 401 g/mol. The fraction of sp³-hybridized carbons (Fsp3) is 0.167. The Morgan fingerprint density at radius 3 is 2.50 bits per heavy atom. The van der Waals surface area contributed by atoms with Crippen molar-refractivity contribution in [3.63, 3.8) is 0 Å².